The second-order valence-corrected chi connectivity index (χ2v) is 4.06. The van der Waals surface area contributed by atoms with Crippen molar-refractivity contribution < 1.29 is 14.5 Å². The molecule has 0 aromatic rings. The molecule has 0 atom stereocenters. The summed E-state index contributed by atoms with van der Waals surface area (Å²) in [5.41, 5.74) is -1.45. The van der Waals surface area contributed by atoms with E-state index in [0.717, 1.165) is 32.1 Å². The number of esters is 1. The Kier molecular flexibility index (Phi) is 4.05. The van der Waals surface area contributed by atoms with Crippen LogP contribution in [0.5, 0.6) is 0 Å². The standard InChI is InChI=1S/C10H17NO4/c1-9(12)15-10(11(13)14)7-5-3-2-4-6-8-10/h2-8H2,1H3. The van der Waals surface area contributed by atoms with E-state index in [1.165, 1.54) is 6.92 Å². The van der Waals surface area contributed by atoms with Crippen LogP contribution in [0.15, 0.2) is 0 Å². The van der Waals surface area contributed by atoms with Gasteiger partial charge in [0.25, 0.3) is 0 Å². The zero-order chi connectivity index (χ0) is 11.3. The van der Waals surface area contributed by atoms with E-state index in [1.54, 1.807) is 0 Å². The number of nitrogens with zero attached hydrogens (tertiary/aromatic N) is 1. The highest BCUT2D eigenvalue weighted by Crippen LogP contribution is 2.30. The molecule has 0 spiro atoms. The lowest BCUT2D eigenvalue weighted by Gasteiger charge is -2.26. The molecule has 0 amide bonds. The van der Waals surface area contributed by atoms with Crippen LogP contribution in [0.3, 0.4) is 0 Å². The molecule has 5 nitrogen and oxygen atoms in total. The molecule has 15 heavy (non-hydrogen) atoms. The molecule has 0 heterocycles. The molecule has 1 fully saturated rings. The predicted octanol–water partition coefficient (Wildman–Crippen LogP) is 2.27. The van der Waals surface area contributed by atoms with Crippen molar-refractivity contribution >= 4 is 5.97 Å². The van der Waals surface area contributed by atoms with E-state index >= 15 is 0 Å². The molecule has 1 saturated carbocycles. The van der Waals surface area contributed by atoms with E-state index in [4.69, 9.17) is 4.74 Å². The van der Waals surface area contributed by atoms with Gasteiger partial charge in [-0.2, -0.15) is 0 Å². The Hall–Kier alpha value is -1.13. The topological polar surface area (TPSA) is 69.4 Å². The Bertz CT molecular complexity index is 244. The number of carbonyl (C=O) groups is 1. The fourth-order valence-corrected chi connectivity index (χ4v) is 2.05. The van der Waals surface area contributed by atoms with Crippen LogP contribution in [0.4, 0.5) is 0 Å². The number of carbonyl (C=O) groups excluding carboxylic acids is 1. The summed E-state index contributed by atoms with van der Waals surface area (Å²) in [6.45, 7) is 1.23. The summed E-state index contributed by atoms with van der Waals surface area (Å²) >= 11 is 0. The van der Waals surface area contributed by atoms with E-state index < -0.39 is 16.6 Å². The van der Waals surface area contributed by atoms with Gasteiger partial charge >= 0.3 is 11.7 Å². The van der Waals surface area contributed by atoms with Gasteiger partial charge in [-0.05, 0) is 12.8 Å². The predicted molar refractivity (Wildman–Crippen MR) is 53.8 cm³/mol. The van der Waals surface area contributed by atoms with E-state index in [-0.39, 0.29) is 0 Å². The first-order chi connectivity index (χ1) is 7.07. The van der Waals surface area contributed by atoms with Gasteiger partial charge in [0.05, 0.1) is 17.8 Å². The van der Waals surface area contributed by atoms with Gasteiger partial charge in [-0.15, -0.1) is 0 Å². The summed E-state index contributed by atoms with van der Waals surface area (Å²) in [5, 5.41) is 11.0. The van der Waals surface area contributed by atoms with Crippen LogP contribution in [0.1, 0.15) is 51.9 Å². The third kappa shape index (κ3) is 3.18. The van der Waals surface area contributed by atoms with Crippen LogP contribution in [-0.4, -0.2) is 16.6 Å². The Morgan fingerprint density at radius 3 is 2.07 bits per heavy atom. The van der Waals surface area contributed by atoms with Crippen molar-refractivity contribution in [2.75, 3.05) is 0 Å². The van der Waals surface area contributed by atoms with Crippen LogP contribution in [-0.2, 0) is 9.53 Å². The normalized spacial score (nSPS) is 21.1. The van der Waals surface area contributed by atoms with Crippen LogP contribution < -0.4 is 0 Å². The van der Waals surface area contributed by atoms with E-state index in [1.807, 2.05) is 0 Å². The third-order valence-electron chi connectivity index (χ3n) is 2.80. The largest absolute Gasteiger partial charge is 0.396 e. The minimum atomic E-state index is -1.45. The first kappa shape index (κ1) is 11.9. The highest BCUT2D eigenvalue weighted by atomic mass is 16.7. The molecule has 1 rings (SSSR count). The van der Waals surface area contributed by atoms with Crippen LogP contribution in [0.2, 0.25) is 0 Å². The average Bonchev–Trinajstić information content (AvgIpc) is 2.08. The van der Waals surface area contributed by atoms with Crippen molar-refractivity contribution in [3.63, 3.8) is 0 Å². The Morgan fingerprint density at radius 1 is 1.20 bits per heavy atom. The third-order valence-corrected chi connectivity index (χ3v) is 2.80. The molecular weight excluding hydrogens is 198 g/mol. The van der Waals surface area contributed by atoms with Gasteiger partial charge in [0.15, 0.2) is 0 Å². The molecule has 0 N–H and O–H groups in total. The number of rotatable bonds is 2. The minimum absolute atomic E-state index is 0.347. The molecule has 0 aromatic heterocycles. The SMILES string of the molecule is CC(=O)OC1([N+](=O)[O-])CCCCCCC1. The Labute approximate surface area is 88.9 Å². The van der Waals surface area contributed by atoms with Gasteiger partial charge in [0, 0.05) is 6.92 Å². The smallest absolute Gasteiger partial charge is 0.365 e. The molecule has 0 radical (unpaired) electrons. The summed E-state index contributed by atoms with van der Waals surface area (Å²) in [6, 6.07) is 0. The molecule has 0 unspecified atom stereocenters. The molecule has 1 aliphatic rings. The van der Waals surface area contributed by atoms with Gasteiger partial charge in [-0.3, -0.25) is 14.9 Å². The van der Waals surface area contributed by atoms with Crippen molar-refractivity contribution in [3.05, 3.63) is 10.1 Å². The van der Waals surface area contributed by atoms with Gasteiger partial charge in [-0.25, -0.2) is 0 Å². The van der Waals surface area contributed by atoms with Gasteiger partial charge in [0.2, 0.25) is 0 Å². The number of hydrogen-bond acceptors (Lipinski definition) is 4. The maximum Gasteiger partial charge on any atom is 0.365 e. The Morgan fingerprint density at radius 2 is 1.67 bits per heavy atom. The maximum absolute atomic E-state index is 11.0. The number of ether oxygens (including phenoxy) is 1. The number of hydrogen-bond donors (Lipinski definition) is 0. The van der Waals surface area contributed by atoms with Crippen LogP contribution in [0.25, 0.3) is 0 Å². The fraction of sp³-hybridized carbons (Fsp3) is 0.900. The molecule has 0 bridgehead atoms. The minimum Gasteiger partial charge on any atom is -0.396 e. The summed E-state index contributed by atoms with van der Waals surface area (Å²) in [4.78, 5) is 21.5. The summed E-state index contributed by atoms with van der Waals surface area (Å²) in [6.07, 6.45) is 5.29. The summed E-state index contributed by atoms with van der Waals surface area (Å²) < 4.78 is 4.94. The molecule has 0 saturated heterocycles. The van der Waals surface area contributed by atoms with Crippen LogP contribution >= 0.6 is 0 Å². The van der Waals surface area contributed by atoms with Crippen molar-refractivity contribution in [2.24, 2.45) is 0 Å². The van der Waals surface area contributed by atoms with Crippen molar-refractivity contribution in [1.82, 2.24) is 0 Å². The molecule has 5 heteroatoms. The summed E-state index contributed by atoms with van der Waals surface area (Å²) in [5.74, 6) is -0.563. The fourth-order valence-electron chi connectivity index (χ4n) is 2.05. The van der Waals surface area contributed by atoms with E-state index in [9.17, 15) is 14.9 Å². The summed E-state index contributed by atoms with van der Waals surface area (Å²) in [7, 11) is 0. The lowest BCUT2D eigenvalue weighted by molar-refractivity contribution is -0.624. The molecule has 86 valence electrons. The molecule has 0 aromatic carbocycles. The van der Waals surface area contributed by atoms with Crippen molar-refractivity contribution in [1.29, 1.82) is 0 Å². The van der Waals surface area contributed by atoms with E-state index in [0.29, 0.717) is 12.8 Å². The maximum atomic E-state index is 11.0. The van der Waals surface area contributed by atoms with Gasteiger partial charge in [0.1, 0.15) is 0 Å². The highest BCUT2D eigenvalue weighted by Gasteiger charge is 2.45. The lowest BCUT2D eigenvalue weighted by Crippen LogP contribution is -2.43. The molecule has 0 aliphatic heterocycles. The molecule has 1 aliphatic carbocycles. The van der Waals surface area contributed by atoms with Gasteiger partial charge < -0.3 is 4.74 Å². The zero-order valence-corrected chi connectivity index (χ0v) is 9.03. The first-order valence-corrected chi connectivity index (χ1v) is 5.41. The Balaban J connectivity index is 2.75. The lowest BCUT2D eigenvalue weighted by atomic mass is 9.94. The number of nitro groups is 1. The van der Waals surface area contributed by atoms with E-state index in [2.05, 4.69) is 0 Å². The second kappa shape index (κ2) is 5.09. The first-order valence-electron chi connectivity index (χ1n) is 5.41. The highest BCUT2D eigenvalue weighted by molar-refractivity contribution is 5.66. The van der Waals surface area contributed by atoms with Crippen LogP contribution in [0, 0.1) is 10.1 Å². The monoisotopic (exact) mass is 215 g/mol. The molecular formula is C10H17NO4. The quantitative estimate of drug-likeness (QED) is 0.306. The van der Waals surface area contributed by atoms with Crippen molar-refractivity contribution in [2.45, 2.75) is 57.6 Å². The second-order valence-electron chi connectivity index (χ2n) is 4.06. The zero-order valence-electron chi connectivity index (χ0n) is 9.03. The van der Waals surface area contributed by atoms with Crippen molar-refractivity contribution in [3.8, 4) is 0 Å². The van der Waals surface area contributed by atoms with Gasteiger partial charge in [-0.1, -0.05) is 19.3 Å². The average molecular weight is 215 g/mol.